The van der Waals surface area contributed by atoms with E-state index >= 15 is 0 Å². The average Bonchev–Trinajstić information content (AvgIpc) is 3.62. The number of halogens is 2. The zero-order valence-corrected chi connectivity index (χ0v) is 20.6. The second-order valence-corrected chi connectivity index (χ2v) is 9.43. The van der Waals surface area contributed by atoms with Gasteiger partial charge in [0.1, 0.15) is 5.75 Å². The number of anilines is 1. The Morgan fingerprint density at radius 3 is 2.44 bits per heavy atom. The molecule has 1 heterocycles. The molecule has 1 saturated carbocycles. The molecule has 3 N–H and O–H groups in total. The lowest BCUT2D eigenvalue weighted by Crippen LogP contribution is -2.30. The van der Waals surface area contributed by atoms with Gasteiger partial charge in [0.25, 0.3) is 5.91 Å². The molecule has 3 aromatic carbocycles. The van der Waals surface area contributed by atoms with Crippen LogP contribution in [0.25, 0.3) is 11.3 Å². The third kappa shape index (κ3) is 5.22. The third-order valence-electron chi connectivity index (χ3n) is 5.95. The SMILES string of the molecule is O=C(Nc1ccc(-c2cc(C3CC3)n(C(=O)NCc3ccccc3Cl)n2)c(O)c1)c1ccc(Cl)cc1. The molecule has 0 spiro atoms. The van der Waals surface area contributed by atoms with Gasteiger partial charge in [-0.3, -0.25) is 4.79 Å². The van der Waals surface area contributed by atoms with Gasteiger partial charge in [-0.15, -0.1) is 0 Å². The molecular weight excluding hydrogens is 499 g/mol. The maximum atomic E-state index is 13.0. The van der Waals surface area contributed by atoms with Crippen molar-refractivity contribution in [2.45, 2.75) is 25.3 Å². The van der Waals surface area contributed by atoms with Crippen LogP contribution in [-0.4, -0.2) is 26.8 Å². The highest BCUT2D eigenvalue weighted by Gasteiger charge is 2.30. The van der Waals surface area contributed by atoms with E-state index < -0.39 is 0 Å². The maximum absolute atomic E-state index is 13.0. The summed E-state index contributed by atoms with van der Waals surface area (Å²) in [6.07, 6.45) is 1.95. The Bertz CT molecular complexity index is 1450. The highest BCUT2D eigenvalue weighted by molar-refractivity contribution is 6.31. The smallest absolute Gasteiger partial charge is 0.342 e. The van der Waals surface area contributed by atoms with Gasteiger partial charge in [0, 0.05) is 45.4 Å². The van der Waals surface area contributed by atoms with Crippen molar-refractivity contribution in [1.29, 1.82) is 0 Å². The minimum Gasteiger partial charge on any atom is -0.507 e. The molecule has 0 saturated heterocycles. The summed E-state index contributed by atoms with van der Waals surface area (Å²) in [6.45, 7) is 0.269. The molecule has 0 atom stereocenters. The molecule has 4 aromatic rings. The molecule has 2 amide bonds. The van der Waals surface area contributed by atoms with E-state index in [9.17, 15) is 14.7 Å². The predicted molar refractivity (Wildman–Crippen MR) is 140 cm³/mol. The Morgan fingerprint density at radius 2 is 1.75 bits per heavy atom. The van der Waals surface area contributed by atoms with E-state index in [0.29, 0.717) is 32.6 Å². The minimum absolute atomic E-state index is 0.0626. The van der Waals surface area contributed by atoms with E-state index in [1.165, 1.54) is 10.7 Å². The normalized spacial score (nSPS) is 12.8. The van der Waals surface area contributed by atoms with Crippen molar-refractivity contribution in [2.24, 2.45) is 0 Å². The first-order valence-corrected chi connectivity index (χ1v) is 12.2. The Balaban J connectivity index is 1.34. The summed E-state index contributed by atoms with van der Waals surface area (Å²) in [6, 6.07) is 20.1. The topological polar surface area (TPSA) is 96.3 Å². The third-order valence-corrected chi connectivity index (χ3v) is 6.57. The quantitative estimate of drug-likeness (QED) is 0.272. The number of carbonyl (C=O) groups is 2. The molecular formula is C27H22Cl2N4O3. The van der Waals surface area contributed by atoms with Crippen molar-refractivity contribution >= 4 is 40.8 Å². The zero-order chi connectivity index (χ0) is 25.2. The fraction of sp³-hybridized carbons (Fsp3) is 0.148. The second kappa shape index (κ2) is 10.0. The van der Waals surface area contributed by atoms with Crippen LogP contribution in [0.15, 0.2) is 72.8 Å². The van der Waals surface area contributed by atoms with Crippen molar-refractivity contribution in [3.63, 3.8) is 0 Å². The van der Waals surface area contributed by atoms with Crippen LogP contribution in [0.1, 0.15) is 40.4 Å². The minimum atomic E-state index is -0.366. The summed E-state index contributed by atoms with van der Waals surface area (Å²) < 4.78 is 1.36. The van der Waals surface area contributed by atoms with Crippen LogP contribution in [0, 0.1) is 0 Å². The Hall–Kier alpha value is -3.81. The van der Waals surface area contributed by atoms with Crippen molar-refractivity contribution in [3.05, 3.63) is 99.7 Å². The van der Waals surface area contributed by atoms with E-state index in [0.717, 1.165) is 24.1 Å². The summed E-state index contributed by atoms with van der Waals surface area (Å²) in [5.74, 6) is -0.140. The Kier molecular flexibility index (Phi) is 6.67. The van der Waals surface area contributed by atoms with Crippen molar-refractivity contribution < 1.29 is 14.7 Å². The number of phenols is 1. The monoisotopic (exact) mass is 520 g/mol. The molecule has 182 valence electrons. The van der Waals surface area contributed by atoms with Crippen LogP contribution in [-0.2, 0) is 6.54 Å². The van der Waals surface area contributed by atoms with Gasteiger partial charge in [-0.2, -0.15) is 9.78 Å². The Morgan fingerprint density at radius 1 is 1.00 bits per heavy atom. The lowest BCUT2D eigenvalue weighted by Gasteiger charge is -2.09. The van der Waals surface area contributed by atoms with E-state index in [1.54, 1.807) is 42.5 Å². The van der Waals surface area contributed by atoms with Crippen LogP contribution in [0.5, 0.6) is 5.75 Å². The van der Waals surface area contributed by atoms with Crippen molar-refractivity contribution in [2.75, 3.05) is 5.32 Å². The first-order chi connectivity index (χ1) is 17.4. The zero-order valence-electron chi connectivity index (χ0n) is 19.0. The summed E-state index contributed by atoms with van der Waals surface area (Å²) in [5, 5.41) is 21.9. The number of aromatic hydroxyl groups is 1. The van der Waals surface area contributed by atoms with Gasteiger partial charge in [0.15, 0.2) is 0 Å². The lowest BCUT2D eigenvalue weighted by molar-refractivity contribution is 0.102. The molecule has 1 aliphatic rings. The molecule has 0 aliphatic heterocycles. The largest absolute Gasteiger partial charge is 0.507 e. The number of aromatic nitrogens is 2. The molecule has 1 aromatic heterocycles. The molecule has 5 rings (SSSR count). The van der Waals surface area contributed by atoms with Crippen molar-refractivity contribution in [1.82, 2.24) is 15.1 Å². The predicted octanol–water partition coefficient (Wildman–Crippen LogP) is 6.45. The molecule has 7 nitrogen and oxygen atoms in total. The molecule has 0 bridgehead atoms. The molecule has 0 unspecified atom stereocenters. The van der Waals surface area contributed by atoms with Crippen LogP contribution < -0.4 is 10.6 Å². The van der Waals surface area contributed by atoms with Gasteiger partial charge in [0.05, 0.1) is 11.4 Å². The van der Waals surface area contributed by atoms with Crippen molar-refractivity contribution in [3.8, 4) is 17.0 Å². The maximum Gasteiger partial charge on any atom is 0.342 e. The van der Waals surface area contributed by atoms with Crippen LogP contribution in [0.4, 0.5) is 10.5 Å². The van der Waals surface area contributed by atoms with E-state index in [1.807, 2.05) is 24.3 Å². The van der Waals surface area contributed by atoms with Crippen LogP contribution >= 0.6 is 23.2 Å². The standard InChI is InChI=1S/C27H22Cl2N4O3/c28-19-9-7-17(8-10-19)26(35)31-20-11-12-21(25(34)13-20)23-14-24(16-5-6-16)33(32-23)27(36)30-15-18-3-1-2-4-22(18)29/h1-4,7-14,16,34H,5-6,15H2,(H,30,36)(H,31,35). The van der Waals surface area contributed by atoms with Gasteiger partial charge >= 0.3 is 6.03 Å². The number of nitrogens with one attached hydrogen (secondary N) is 2. The van der Waals surface area contributed by atoms with Gasteiger partial charge in [0.2, 0.25) is 0 Å². The summed E-state index contributed by atoms with van der Waals surface area (Å²) in [7, 11) is 0. The molecule has 36 heavy (non-hydrogen) atoms. The number of amides is 2. The Labute approximate surface area is 217 Å². The molecule has 9 heteroatoms. The summed E-state index contributed by atoms with van der Waals surface area (Å²) in [4.78, 5) is 25.4. The highest BCUT2D eigenvalue weighted by atomic mass is 35.5. The number of rotatable bonds is 6. The number of nitrogens with zero attached hydrogens (tertiary/aromatic N) is 2. The first kappa shape index (κ1) is 23.9. The fourth-order valence-electron chi connectivity index (χ4n) is 3.88. The average molecular weight is 521 g/mol. The number of benzene rings is 3. The van der Waals surface area contributed by atoms with Gasteiger partial charge < -0.3 is 15.7 Å². The highest BCUT2D eigenvalue weighted by Crippen LogP contribution is 2.42. The number of hydrogen-bond acceptors (Lipinski definition) is 4. The van der Waals surface area contributed by atoms with E-state index in [2.05, 4.69) is 15.7 Å². The number of hydrogen-bond donors (Lipinski definition) is 3. The second-order valence-electron chi connectivity index (χ2n) is 8.58. The molecule has 1 fully saturated rings. The lowest BCUT2D eigenvalue weighted by atomic mass is 10.1. The molecule has 1 aliphatic carbocycles. The van der Waals surface area contributed by atoms with Gasteiger partial charge in [-0.05, 0) is 66.9 Å². The first-order valence-electron chi connectivity index (χ1n) is 11.4. The molecule has 0 radical (unpaired) electrons. The summed E-state index contributed by atoms with van der Waals surface area (Å²) in [5.41, 5.74) is 3.40. The van der Waals surface area contributed by atoms with Crippen LogP contribution in [0.3, 0.4) is 0 Å². The van der Waals surface area contributed by atoms with Gasteiger partial charge in [-0.25, -0.2) is 4.79 Å². The van der Waals surface area contributed by atoms with Gasteiger partial charge in [-0.1, -0.05) is 41.4 Å². The summed E-state index contributed by atoms with van der Waals surface area (Å²) >= 11 is 12.1. The number of phenolic OH excluding ortho intramolecular Hbond substituents is 1. The fourth-order valence-corrected chi connectivity index (χ4v) is 4.21. The van der Waals surface area contributed by atoms with E-state index in [-0.39, 0.29) is 30.2 Å². The number of carbonyl (C=O) groups excluding carboxylic acids is 2. The van der Waals surface area contributed by atoms with E-state index in [4.69, 9.17) is 23.2 Å². The van der Waals surface area contributed by atoms with Crippen LogP contribution in [0.2, 0.25) is 10.0 Å².